The fourth-order valence-corrected chi connectivity index (χ4v) is 2.60. The number of amides is 1. The fraction of sp³-hybridized carbons (Fsp3) is 0.632. The lowest BCUT2D eigenvalue weighted by molar-refractivity contribution is 0.0792. The molecular formula is C19H31NO2. The normalized spacial score (nSPS) is 10.6. The zero-order chi connectivity index (χ0) is 16.0. The molecule has 0 bridgehead atoms. The van der Waals surface area contributed by atoms with E-state index in [1.54, 1.807) is 0 Å². The van der Waals surface area contributed by atoms with E-state index in [2.05, 4.69) is 0 Å². The number of rotatable bonds is 12. The predicted octanol–water partition coefficient (Wildman–Crippen LogP) is 4.26. The average molecular weight is 305 g/mol. The van der Waals surface area contributed by atoms with E-state index in [0.717, 1.165) is 31.4 Å². The minimum atomic E-state index is 0.115. The van der Waals surface area contributed by atoms with Crippen molar-refractivity contribution in [2.24, 2.45) is 0 Å². The maximum Gasteiger partial charge on any atom is 0.253 e. The molecule has 124 valence electrons. The van der Waals surface area contributed by atoms with Crippen molar-refractivity contribution in [1.82, 2.24) is 4.90 Å². The van der Waals surface area contributed by atoms with Gasteiger partial charge in [0.2, 0.25) is 0 Å². The van der Waals surface area contributed by atoms with Gasteiger partial charge in [0.25, 0.3) is 5.91 Å². The molecule has 0 aliphatic rings. The second-order valence-corrected chi connectivity index (χ2v) is 6.00. The van der Waals surface area contributed by atoms with Crippen molar-refractivity contribution in [3.63, 3.8) is 0 Å². The molecule has 0 aliphatic heterocycles. The monoisotopic (exact) mass is 305 g/mol. The first-order valence-corrected chi connectivity index (χ1v) is 8.67. The Hall–Kier alpha value is -1.35. The summed E-state index contributed by atoms with van der Waals surface area (Å²) >= 11 is 0. The highest BCUT2D eigenvalue weighted by atomic mass is 16.2. The smallest absolute Gasteiger partial charge is 0.253 e. The summed E-state index contributed by atoms with van der Waals surface area (Å²) in [6.45, 7) is 1.17. The summed E-state index contributed by atoms with van der Waals surface area (Å²) in [5.41, 5.74) is 0.771. The lowest BCUT2D eigenvalue weighted by atomic mass is 10.1. The molecule has 0 radical (unpaired) electrons. The highest BCUT2D eigenvalue weighted by Crippen LogP contribution is 2.10. The molecule has 0 spiro atoms. The first-order valence-electron chi connectivity index (χ1n) is 8.67. The third-order valence-electron chi connectivity index (χ3n) is 4.02. The van der Waals surface area contributed by atoms with Gasteiger partial charge in [0.15, 0.2) is 0 Å². The second kappa shape index (κ2) is 12.2. The van der Waals surface area contributed by atoms with Gasteiger partial charge in [-0.25, -0.2) is 0 Å². The van der Waals surface area contributed by atoms with Crippen LogP contribution in [0.3, 0.4) is 0 Å². The maximum absolute atomic E-state index is 12.1. The number of hydrogen-bond acceptors (Lipinski definition) is 2. The van der Waals surface area contributed by atoms with Gasteiger partial charge in [-0.2, -0.15) is 0 Å². The summed E-state index contributed by atoms with van der Waals surface area (Å²) in [6, 6.07) is 9.48. The van der Waals surface area contributed by atoms with Crippen molar-refractivity contribution in [2.75, 3.05) is 20.2 Å². The summed E-state index contributed by atoms with van der Waals surface area (Å²) in [6.07, 6.45) is 10.8. The van der Waals surface area contributed by atoms with Gasteiger partial charge < -0.3 is 10.0 Å². The Bertz CT molecular complexity index is 392. The fourth-order valence-electron chi connectivity index (χ4n) is 2.60. The summed E-state index contributed by atoms with van der Waals surface area (Å²) in [4.78, 5) is 14.0. The number of hydrogen-bond donors (Lipinski definition) is 1. The molecule has 0 heterocycles. The number of aliphatic hydroxyl groups is 1. The predicted molar refractivity (Wildman–Crippen MR) is 92.0 cm³/mol. The minimum absolute atomic E-state index is 0.115. The van der Waals surface area contributed by atoms with E-state index in [1.807, 2.05) is 42.3 Å². The molecule has 0 aliphatic carbocycles. The Balaban J connectivity index is 1.99. The summed E-state index contributed by atoms with van der Waals surface area (Å²) in [7, 11) is 1.89. The largest absolute Gasteiger partial charge is 0.396 e. The van der Waals surface area contributed by atoms with E-state index in [1.165, 1.54) is 38.5 Å². The van der Waals surface area contributed by atoms with E-state index in [9.17, 15) is 4.79 Å². The summed E-state index contributed by atoms with van der Waals surface area (Å²) in [5.74, 6) is 0.115. The highest BCUT2D eigenvalue weighted by molar-refractivity contribution is 5.93. The van der Waals surface area contributed by atoms with Crippen molar-refractivity contribution >= 4 is 5.91 Å². The van der Waals surface area contributed by atoms with Crippen LogP contribution in [-0.4, -0.2) is 36.1 Å². The van der Waals surface area contributed by atoms with Gasteiger partial charge >= 0.3 is 0 Å². The molecule has 3 heteroatoms. The van der Waals surface area contributed by atoms with Crippen molar-refractivity contribution in [3.8, 4) is 0 Å². The van der Waals surface area contributed by atoms with Gasteiger partial charge in [0.05, 0.1) is 0 Å². The zero-order valence-corrected chi connectivity index (χ0v) is 14.0. The molecule has 1 N–H and O–H groups in total. The molecule has 0 atom stereocenters. The Kier molecular flexibility index (Phi) is 10.4. The molecule has 1 amide bonds. The Morgan fingerprint density at radius 2 is 1.36 bits per heavy atom. The number of carbonyl (C=O) groups is 1. The Morgan fingerprint density at radius 1 is 0.864 bits per heavy atom. The van der Waals surface area contributed by atoms with Gasteiger partial charge in [-0.15, -0.1) is 0 Å². The van der Waals surface area contributed by atoms with Gasteiger partial charge in [0, 0.05) is 25.8 Å². The van der Waals surface area contributed by atoms with Crippen LogP contribution in [0.25, 0.3) is 0 Å². The molecule has 1 aromatic rings. The molecule has 0 fully saturated rings. The second-order valence-electron chi connectivity index (χ2n) is 6.00. The van der Waals surface area contributed by atoms with Gasteiger partial charge in [-0.05, 0) is 25.0 Å². The number of benzene rings is 1. The average Bonchev–Trinajstić information content (AvgIpc) is 2.56. The summed E-state index contributed by atoms with van der Waals surface area (Å²) < 4.78 is 0. The van der Waals surface area contributed by atoms with Crippen molar-refractivity contribution in [1.29, 1.82) is 0 Å². The molecule has 0 unspecified atom stereocenters. The molecular weight excluding hydrogens is 274 g/mol. The van der Waals surface area contributed by atoms with Gasteiger partial charge in [-0.3, -0.25) is 4.79 Å². The van der Waals surface area contributed by atoms with Crippen LogP contribution in [0.4, 0.5) is 0 Å². The molecule has 1 rings (SSSR count). The number of unbranched alkanes of at least 4 members (excludes halogenated alkanes) is 8. The van der Waals surface area contributed by atoms with Crippen LogP contribution >= 0.6 is 0 Å². The summed E-state index contributed by atoms with van der Waals surface area (Å²) in [5, 5.41) is 8.69. The highest BCUT2D eigenvalue weighted by Gasteiger charge is 2.09. The van der Waals surface area contributed by atoms with Crippen molar-refractivity contribution in [3.05, 3.63) is 35.9 Å². The van der Waals surface area contributed by atoms with Crippen LogP contribution < -0.4 is 0 Å². The minimum Gasteiger partial charge on any atom is -0.396 e. The maximum atomic E-state index is 12.1. The van der Waals surface area contributed by atoms with E-state index in [0.29, 0.717) is 6.61 Å². The van der Waals surface area contributed by atoms with E-state index in [-0.39, 0.29) is 5.91 Å². The Morgan fingerprint density at radius 3 is 1.91 bits per heavy atom. The Labute approximate surface area is 135 Å². The first kappa shape index (κ1) is 18.7. The lowest BCUT2D eigenvalue weighted by Crippen LogP contribution is -2.27. The van der Waals surface area contributed by atoms with Crippen molar-refractivity contribution in [2.45, 2.75) is 57.8 Å². The van der Waals surface area contributed by atoms with Crippen LogP contribution in [0.2, 0.25) is 0 Å². The molecule has 22 heavy (non-hydrogen) atoms. The quantitative estimate of drug-likeness (QED) is 0.586. The molecule has 0 aromatic heterocycles. The van der Waals surface area contributed by atoms with Crippen LogP contribution in [0.5, 0.6) is 0 Å². The van der Waals surface area contributed by atoms with Crippen molar-refractivity contribution < 1.29 is 9.90 Å². The van der Waals surface area contributed by atoms with Crippen LogP contribution in [-0.2, 0) is 0 Å². The van der Waals surface area contributed by atoms with Crippen LogP contribution in [0.15, 0.2) is 30.3 Å². The molecule has 3 nitrogen and oxygen atoms in total. The van der Waals surface area contributed by atoms with Gasteiger partial charge in [0.1, 0.15) is 0 Å². The van der Waals surface area contributed by atoms with Gasteiger partial charge in [-0.1, -0.05) is 63.1 Å². The number of carbonyl (C=O) groups excluding carboxylic acids is 1. The molecule has 1 aromatic carbocycles. The third kappa shape index (κ3) is 8.18. The lowest BCUT2D eigenvalue weighted by Gasteiger charge is -2.17. The van der Waals surface area contributed by atoms with E-state index >= 15 is 0 Å². The van der Waals surface area contributed by atoms with E-state index < -0.39 is 0 Å². The standard InChI is InChI=1S/C19H31NO2/c1-20(19(22)18-14-10-9-11-15-18)16-12-7-5-3-2-4-6-8-13-17-21/h9-11,14-15,21H,2-8,12-13,16-17H2,1H3. The third-order valence-corrected chi connectivity index (χ3v) is 4.02. The number of nitrogens with zero attached hydrogens (tertiary/aromatic N) is 1. The zero-order valence-electron chi connectivity index (χ0n) is 14.0. The SMILES string of the molecule is CN(CCCCCCCCCCCO)C(=O)c1ccccc1. The topological polar surface area (TPSA) is 40.5 Å². The molecule has 0 saturated heterocycles. The van der Waals surface area contributed by atoms with E-state index in [4.69, 9.17) is 5.11 Å². The first-order chi connectivity index (χ1) is 10.8. The van der Waals surface area contributed by atoms with Crippen LogP contribution in [0.1, 0.15) is 68.1 Å². The van der Waals surface area contributed by atoms with Crippen LogP contribution in [0, 0.1) is 0 Å². The molecule has 0 saturated carbocycles. The number of aliphatic hydroxyl groups excluding tert-OH is 1.